The molecule has 0 aliphatic heterocycles. The lowest BCUT2D eigenvalue weighted by Gasteiger charge is -2.39. The highest BCUT2D eigenvalue weighted by Crippen LogP contribution is 2.35. The lowest BCUT2D eigenvalue weighted by Crippen LogP contribution is -2.57. The van der Waals surface area contributed by atoms with Gasteiger partial charge in [0.25, 0.3) is 0 Å². The van der Waals surface area contributed by atoms with Crippen molar-refractivity contribution >= 4 is 31.2 Å². The van der Waals surface area contributed by atoms with Gasteiger partial charge in [-0.2, -0.15) is 0 Å². The van der Waals surface area contributed by atoms with E-state index in [0.717, 1.165) is 10.5 Å². The summed E-state index contributed by atoms with van der Waals surface area (Å²) < 4.78 is 23.0. The zero-order valence-electron chi connectivity index (χ0n) is 18.7. The van der Waals surface area contributed by atoms with Crippen LogP contribution in [-0.4, -0.2) is 35.8 Å². The maximum Gasteiger partial charge on any atom is 0.416 e. The maximum absolute atomic E-state index is 13.3. The van der Waals surface area contributed by atoms with Crippen molar-refractivity contribution in [2.24, 2.45) is 0 Å². The van der Waals surface area contributed by atoms with E-state index in [2.05, 4.69) is 0 Å². The molecule has 3 rings (SSSR count). The second-order valence-electron chi connectivity index (χ2n) is 7.01. The average Bonchev–Trinajstić information content (AvgIpc) is 2.87. The highest BCUT2D eigenvalue weighted by atomic mass is 32.4. The minimum atomic E-state index is -1.78. The molecule has 0 N–H and O–H groups in total. The number of nitrogens with zero attached hydrogens (tertiary/aromatic N) is 1. The Hall–Kier alpha value is -3.35. The quantitative estimate of drug-likeness (QED) is 0.213. The van der Waals surface area contributed by atoms with Crippen molar-refractivity contribution in [3.63, 3.8) is 0 Å². The van der Waals surface area contributed by atoms with Crippen LogP contribution in [0.15, 0.2) is 91.0 Å². The number of benzene rings is 3. The van der Waals surface area contributed by atoms with Gasteiger partial charge in [-0.05, 0) is 36.8 Å². The van der Waals surface area contributed by atoms with Gasteiger partial charge in [-0.3, -0.25) is 4.79 Å². The fourth-order valence-corrected chi connectivity index (χ4v) is 4.36. The van der Waals surface area contributed by atoms with Gasteiger partial charge in [0.15, 0.2) is 0 Å². The number of carbonyl (C=O) groups excluding carboxylic acids is 2. The van der Waals surface area contributed by atoms with Gasteiger partial charge < -0.3 is 18.9 Å². The Morgan fingerprint density at radius 1 is 0.824 bits per heavy atom. The summed E-state index contributed by atoms with van der Waals surface area (Å²) in [4.78, 5) is 26.9. The van der Waals surface area contributed by atoms with Crippen LogP contribution in [-0.2, 0) is 32.7 Å². The summed E-state index contributed by atoms with van der Waals surface area (Å²) in [7, 11) is -1.13. The molecule has 1 atom stereocenters. The fourth-order valence-electron chi connectivity index (χ4n) is 2.99. The molecule has 0 saturated carbocycles. The third-order valence-corrected chi connectivity index (χ3v) is 6.30. The Balaban J connectivity index is 1.98. The van der Waals surface area contributed by atoms with Crippen LogP contribution < -0.4 is 9.47 Å². The second-order valence-corrected chi connectivity index (χ2v) is 8.68. The highest BCUT2D eigenvalue weighted by Gasteiger charge is 2.45. The van der Waals surface area contributed by atoms with E-state index in [0.29, 0.717) is 11.5 Å². The first-order valence-corrected chi connectivity index (χ1v) is 13.1. The Bertz CT molecular complexity index is 1030. The predicted octanol–water partition coefficient (Wildman–Crippen LogP) is 4.83. The smallest absolute Gasteiger partial charge is 0.416 e. The molecule has 0 spiro atoms. The molecule has 0 saturated heterocycles. The monoisotopic (exact) mass is 499 g/mol. The van der Waals surface area contributed by atoms with E-state index in [1.54, 1.807) is 55.5 Å². The summed E-state index contributed by atoms with van der Waals surface area (Å²) in [6, 6.07) is 26.9. The molecule has 0 radical (unpaired) electrons. The van der Waals surface area contributed by atoms with Crippen LogP contribution in [0.2, 0.25) is 0 Å². The van der Waals surface area contributed by atoms with Crippen molar-refractivity contribution in [2.75, 3.05) is 13.2 Å². The molecular formula is C25H26NO6PS. The molecule has 0 aromatic heterocycles. The topological polar surface area (TPSA) is 74.3 Å². The number of para-hydroxylation sites is 2. The SMILES string of the molecule is CCOC(=O)CN(C(=O)OCc1ccccc1)C(Oc1ccccc1)(Oc1ccccc1)[PH2]=S. The van der Waals surface area contributed by atoms with Crippen molar-refractivity contribution in [1.29, 1.82) is 0 Å². The van der Waals surface area contributed by atoms with E-state index in [1.165, 1.54) is 0 Å². The van der Waals surface area contributed by atoms with Gasteiger partial charge in [-0.15, -0.1) is 0 Å². The van der Waals surface area contributed by atoms with Crippen LogP contribution in [0.5, 0.6) is 11.5 Å². The molecule has 1 unspecified atom stereocenters. The Labute approximate surface area is 205 Å². The summed E-state index contributed by atoms with van der Waals surface area (Å²) >= 11 is 5.51. The second kappa shape index (κ2) is 12.8. The summed E-state index contributed by atoms with van der Waals surface area (Å²) in [5.41, 5.74) is -0.991. The lowest BCUT2D eigenvalue weighted by atomic mass is 10.2. The number of esters is 1. The molecule has 1 amide bonds. The Morgan fingerprint density at radius 2 is 1.32 bits per heavy atom. The summed E-state index contributed by atoms with van der Waals surface area (Å²) in [5.74, 6) is 0.195. The van der Waals surface area contributed by atoms with Crippen LogP contribution in [0.25, 0.3) is 0 Å². The molecule has 7 nitrogen and oxygen atoms in total. The molecule has 3 aromatic rings. The standard InChI is InChI=1S/C25H26NO6PS/c1-2-29-23(27)18-26(24(28)30-19-20-12-6-3-7-13-20)25(33-34,31-21-14-8-4-9-15-21)32-22-16-10-5-11-17-22/h3-17H,2,18-19,33H2,1H3. The lowest BCUT2D eigenvalue weighted by molar-refractivity contribution is -0.163. The van der Waals surface area contributed by atoms with Crippen LogP contribution in [0.3, 0.4) is 0 Å². The summed E-state index contributed by atoms with van der Waals surface area (Å²) in [6.07, 6.45) is -0.818. The molecule has 34 heavy (non-hydrogen) atoms. The van der Waals surface area contributed by atoms with Crippen LogP contribution in [0.4, 0.5) is 4.79 Å². The van der Waals surface area contributed by atoms with E-state index in [1.807, 2.05) is 42.5 Å². The van der Waals surface area contributed by atoms with Gasteiger partial charge in [-0.25, -0.2) is 9.69 Å². The molecule has 178 valence electrons. The number of carbonyl (C=O) groups is 2. The summed E-state index contributed by atoms with van der Waals surface area (Å²) in [5, 5.41) is 0. The number of amides is 1. The van der Waals surface area contributed by atoms with Crippen molar-refractivity contribution in [3.05, 3.63) is 96.6 Å². The van der Waals surface area contributed by atoms with Crippen molar-refractivity contribution < 1.29 is 28.5 Å². The molecule has 0 heterocycles. The normalized spacial score (nSPS) is 11.1. The van der Waals surface area contributed by atoms with E-state index in [-0.39, 0.29) is 13.2 Å². The molecule has 0 aliphatic rings. The van der Waals surface area contributed by atoms with E-state index in [9.17, 15) is 9.59 Å². The van der Waals surface area contributed by atoms with Gasteiger partial charge in [0.05, 0.1) is 6.61 Å². The molecule has 9 heteroatoms. The van der Waals surface area contributed by atoms with Gasteiger partial charge in [-0.1, -0.05) is 78.5 Å². The number of hydrogen-bond donors (Lipinski definition) is 0. The Kier molecular flexibility index (Phi) is 9.50. The third-order valence-electron chi connectivity index (χ3n) is 4.56. The van der Waals surface area contributed by atoms with Crippen molar-refractivity contribution in [3.8, 4) is 11.5 Å². The fraction of sp³-hybridized carbons (Fsp3) is 0.200. The highest BCUT2D eigenvalue weighted by molar-refractivity contribution is 7.97. The van der Waals surface area contributed by atoms with Crippen LogP contribution in [0, 0.1) is 0 Å². The van der Waals surface area contributed by atoms with Crippen LogP contribution in [0.1, 0.15) is 12.5 Å². The first kappa shape index (κ1) is 25.3. The molecule has 0 fully saturated rings. The third kappa shape index (κ3) is 7.07. The van der Waals surface area contributed by atoms with Gasteiger partial charge >= 0.3 is 17.7 Å². The van der Waals surface area contributed by atoms with E-state index < -0.39 is 31.6 Å². The zero-order valence-corrected chi connectivity index (χ0v) is 20.6. The zero-order chi connectivity index (χ0) is 24.2. The Morgan fingerprint density at radius 3 is 1.79 bits per heavy atom. The minimum absolute atomic E-state index is 0.00147. The van der Waals surface area contributed by atoms with Gasteiger partial charge in [0.1, 0.15) is 24.7 Å². The molecular weight excluding hydrogens is 473 g/mol. The molecule has 0 aliphatic carbocycles. The van der Waals surface area contributed by atoms with Crippen molar-refractivity contribution in [1.82, 2.24) is 4.90 Å². The largest absolute Gasteiger partial charge is 0.465 e. The number of hydrogen-bond acceptors (Lipinski definition) is 7. The van der Waals surface area contributed by atoms with E-state index in [4.69, 9.17) is 30.8 Å². The average molecular weight is 500 g/mol. The van der Waals surface area contributed by atoms with Gasteiger partial charge in [0.2, 0.25) is 0 Å². The van der Waals surface area contributed by atoms with Crippen LogP contribution >= 0.6 is 7.36 Å². The van der Waals surface area contributed by atoms with Gasteiger partial charge in [0, 0.05) is 7.36 Å². The predicted molar refractivity (Wildman–Crippen MR) is 134 cm³/mol. The first-order chi connectivity index (χ1) is 16.6. The minimum Gasteiger partial charge on any atom is -0.465 e. The number of rotatable bonds is 11. The van der Waals surface area contributed by atoms with Crippen molar-refractivity contribution in [2.45, 2.75) is 19.2 Å². The first-order valence-electron chi connectivity index (χ1n) is 10.6. The molecule has 0 bridgehead atoms. The maximum atomic E-state index is 13.3. The summed E-state index contributed by atoms with van der Waals surface area (Å²) in [6.45, 7) is 1.37. The number of ether oxygens (including phenoxy) is 4. The molecule has 3 aromatic carbocycles. The van der Waals surface area contributed by atoms with E-state index >= 15 is 0 Å².